The van der Waals surface area contributed by atoms with Crippen molar-refractivity contribution >= 4 is 29.3 Å². The lowest BCUT2D eigenvalue weighted by Gasteiger charge is -2.20. The summed E-state index contributed by atoms with van der Waals surface area (Å²) < 4.78 is 55.7. The fourth-order valence-electron chi connectivity index (χ4n) is 10.9. The Hall–Kier alpha value is -7.09. The predicted molar refractivity (Wildman–Crippen MR) is 384 cm³/mol. The minimum atomic E-state index is -0.625. The van der Waals surface area contributed by atoms with Gasteiger partial charge in [0.1, 0.15) is 28.5 Å². The molecule has 0 bridgehead atoms. The van der Waals surface area contributed by atoms with Crippen LogP contribution in [0, 0.1) is 0 Å². The van der Waals surface area contributed by atoms with Gasteiger partial charge in [0, 0.05) is 0 Å². The van der Waals surface area contributed by atoms with E-state index in [1.165, 1.54) is 141 Å². The Morgan fingerprint density at radius 3 is 0.968 bits per heavy atom. The highest BCUT2D eigenvalue weighted by molar-refractivity contribution is 5.96. The van der Waals surface area contributed by atoms with E-state index in [-0.39, 0.29) is 28.4 Å². The van der Waals surface area contributed by atoms with Crippen molar-refractivity contribution in [2.75, 3.05) is 39.6 Å². The maximum atomic E-state index is 14.3. The zero-order valence-corrected chi connectivity index (χ0v) is 59.2. The van der Waals surface area contributed by atoms with E-state index in [0.717, 1.165) is 89.9 Å². The molecule has 14 heteroatoms. The summed E-state index contributed by atoms with van der Waals surface area (Å²) in [4.78, 5) is 41.0. The number of hydrogen-bond acceptors (Lipinski definition) is 14. The molecule has 14 nitrogen and oxygen atoms in total. The molecule has 0 saturated carbocycles. The van der Waals surface area contributed by atoms with Crippen LogP contribution in [0.5, 0.6) is 51.7 Å². The molecule has 0 aliphatic rings. The van der Waals surface area contributed by atoms with Gasteiger partial charge in [0.15, 0.2) is 23.0 Å². The number of rotatable bonds is 56. The van der Waals surface area contributed by atoms with Crippen LogP contribution in [0.15, 0.2) is 107 Å². The Bertz CT molecular complexity index is 2870. The molecule has 0 heterocycles. The second-order valence-corrected chi connectivity index (χ2v) is 25.1. The Morgan fingerprint density at radius 2 is 0.558 bits per heavy atom. The van der Waals surface area contributed by atoms with E-state index < -0.39 is 17.9 Å². The fraction of sp³-hybridized carbons (Fsp3) is 0.593. The van der Waals surface area contributed by atoms with E-state index in [2.05, 4.69) is 51.8 Å². The second-order valence-electron chi connectivity index (χ2n) is 25.1. The van der Waals surface area contributed by atoms with Crippen molar-refractivity contribution in [3.05, 3.63) is 114 Å². The summed E-state index contributed by atoms with van der Waals surface area (Å²) in [6.45, 7) is 16.1. The SMILES string of the molecule is CCCCCCCCCCCCOc1ccc(C(=O)Oc2ccc(C(=O)Oc3ccc(OC(=O)c4ccc(N=Nc5ccc(OCCCC)c(OCCCC)c5OCCCC)cc4)cc3)cc2)c(OCCCCCCCCCCCC)c1OCCCCCCCCCCCC. The Kier molecular flexibility index (Phi) is 41.6. The van der Waals surface area contributed by atoms with Crippen LogP contribution >= 0.6 is 0 Å². The van der Waals surface area contributed by atoms with Crippen molar-refractivity contribution in [1.82, 2.24) is 0 Å². The van der Waals surface area contributed by atoms with Gasteiger partial charge >= 0.3 is 17.9 Å². The molecule has 0 aliphatic heterocycles. The molecule has 0 radical (unpaired) electrons. The van der Waals surface area contributed by atoms with Gasteiger partial charge in [-0.25, -0.2) is 14.4 Å². The highest BCUT2D eigenvalue weighted by Crippen LogP contribution is 2.46. The predicted octanol–water partition coefficient (Wildman–Crippen LogP) is 24.2. The molecule has 0 fully saturated rings. The zero-order chi connectivity index (χ0) is 67.6. The monoisotopic (exact) mass is 1310 g/mol. The van der Waals surface area contributed by atoms with E-state index in [1.807, 2.05) is 18.2 Å². The molecule has 0 aromatic heterocycles. The lowest BCUT2D eigenvalue weighted by atomic mass is 10.1. The Balaban J connectivity index is 1.21. The van der Waals surface area contributed by atoms with E-state index in [9.17, 15) is 14.4 Å². The van der Waals surface area contributed by atoms with Gasteiger partial charge in [0.05, 0.1) is 56.5 Å². The third-order valence-corrected chi connectivity index (χ3v) is 16.8. The maximum Gasteiger partial charge on any atom is 0.347 e. The van der Waals surface area contributed by atoms with Crippen LogP contribution in [0.25, 0.3) is 0 Å². The standard InChI is InChI=1S/C81H118N2O12/c1-7-13-19-22-25-28-31-34-37-40-62-88-73-57-55-71(75(89-63-41-38-35-32-29-26-23-20-14-8-2)77(73)92-64-42-39-36-33-30-27-24-21-15-9-3)81(86)95-68-49-45-66(46-50-68)80(85)94-70-53-51-69(52-54-70)93-79(84)65-43-47-67(48-44-65)82-83-72-56-58-74(87-59-16-10-4)78(91-61-18-12-6)76(72)90-60-17-11-5/h43-58H,7-42,59-64H2,1-6H3. The number of carbonyl (C=O) groups is 3. The van der Waals surface area contributed by atoms with Gasteiger partial charge in [0.2, 0.25) is 11.5 Å². The van der Waals surface area contributed by atoms with Gasteiger partial charge in [-0.2, -0.15) is 5.11 Å². The molecular weight excluding hydrogens is 1190 g/mol. The summed E-state index contributed by atoms with van der Waals surface area (Å²) in [7, 11) is 0. The Labute approximate surface area is 571 Å². The molecular formula is C81H118N2O12. The fourth-order valence-corrected chi connectivity index (χ4v) is 10.9. The number of carbonyl (C=O) groups excluding carboxylic acids is 3. The topological polar surface area (TPSA) is 159 Å². The summed E-state index contributed by atoms with van der Waals surface area (Å²) >= 11 is 0. The van der Waals surface area contributed by atoms with E-state index in [0.29, 0.717) is 91.1 Å². The molecule has 5 aromatic rings. The number of esters is 3. The number of azo groups is 1. The lowest BCUT2D eigenvalue weighted by Crippen LogP contribution is -2.14. The minimum Gasteiger partial charge on any atom is -0.490 e. The number of hydrogen-bond donors (Lipinski definition) is 0. The average molecular weight is 1310 g/mol. The summed E-state index contributed by atoms with van der Waals surface area (Å²) in [6.07, 6.45) is 42.0. The summed E-state index contributed by atoms with van der Waals surface area (Å²) in [5.74, 6) is 1.90. The first-order chi connectivity index (χ1) is 46.7. The van der Waals surface area contributed by atoms with Gasteiger partial charge in [-0.15, -0.1) is 5.11 Å². The van der Waals surface area contributed by atoms with Crippen LogP contribution in [0.3, 0.4) is 0 Å². The summed E-state index contributed by atoms with van der Waals surface area (Å²) in [5, 5.41) is 9.02. The zero-order valence-electron chi connectivity index (χ0n) is 59.2. The van der Waals surface area contributed by atoms with Crippen LogP contribution in [-0.4, -0.2) is 57.5 Å². The van der Waals surface area contributed by atoms with E-state index >= 15 is 0 Å². The van der Waals surface area contributed by atoms with Crippen molar-refractivity contribution < 1.29 is 57.0 Å². The normalized spacial score (nSPS) is 11.2. The molecule has 95 heavy (non-hydrogen) atoms. The second kappa shape index (κ2) is 50.3. The van der Waals surface area contributed by atoms with Crippen LogP contribution in [0.1, 0.15) is 304 Å². The average Bonchev–Trinajstić information content (AvgIpc) is 0.864. The first-order valence-corrected chi connectivity index (χ1v) is 37.2. The highest BCUT2D eigenvalue weighted by atomic mass is 16.6. The van der Waals surface area contributed by atoms with Crippen LogP contribution in [0.4, 0.5) is 11.4 Å². The number of nitrogens with zero attached hydrogens (tertiary/aromatic N) is 2. The van der Waals surface area contributed by atoms with Gasteiger partial charge in [0.25, 0.3) is 0 Å². The smallest absolute Gasteiger partial charge is 0.347 e. The van der Waals surface area contributed by atoms with Crippen molar-refractivity contribution in [3.63, 3.8) is 0 Å². The van der Waals surface area contributed by atoms with Gasteiger partial charge in [-0.3, -0.25) is 0 Å². The molecule has 5 aromatic carbocycles. The summed E-state index contributed by atoms with van der Waals surface area (Å²) in [5.41, 5.74) is 1.81. The molecule has 0 N–H and O–H groups in total. The quantitative estimate of drug-likeness (QED) is 0.0157. The molecule has 0 spiro atoms. The lowest BCUT2D eigenvalue weighted by molar-refractivity contribution is 0.0717. The van der Waals surface area contributed by atoms with Gasteiger partial charge < -0.3 is 42.6 Å². The third-order valence-electron chi connectivity index (χ3n) is 16.8. The first kappa shape index (κ1) is 78.6. The third kappa shape index (κ3) is 32.0. The van der Waals surface area contributed by atoms with Crippen LogP contribution < -0.4 is 42.6 Å². The van der Waals surface area contributed by atoms with Crippen molar-refractivity contribution in [2.24, 2.45) is 10.2 Å². The first-order valence-electron chi connectivity index (χ1n) is 37.2. The maximum absolute atomic E-state index is 14.3. The minimum absolute atomic E-state index is 0.239. The van der Waals surface area contributed by atoms with Crippen molar-refractivity contribution in [2.45, 2.75) is 273 Å². The van der Waals surface area contributed by atoms with Crippen molar-refractivity contribution in [3.8, 4) is 51.7 Å². The molecule has 524 valence electrons. The van der Waals surface area contributed by atoms with Gasteiger partial charge in [-0.1, -0.05) is 234 Å². The number of benzene rings is 5. The Morgan fingerprint density at radius 1 is 0.263 bits per heavy atom. The molecule has 0 aliphatic carbocycles. The molecule has 5 rings (SSSR count). The van der Waals surface area contributed by atoms with E-state index in [4.69, 9.17) is 42.6 Å². The number of ether oxygens (including phenoxy) is 9. The molecule has 0 unspecified atom stereocenters. The van der Waals surface area contributed by atoms with E-state index in [1.54, 1.807) is 78.9 Å². The molecule has 0 atom stereocenters. The van der Waals surface area contributed by atoms with Crippen LogP contribution in [0.2, 0.25) is 0 Å². The molecule has 0 saturated heterocycles. The van der Waals surface area contributed by atoms with Gasteiger partial charge in [-0.05, 0) is 136 Å². The highest BCUT2D eigenvalue weighted by Gasteiger charge is 2.25. The summed E-state index contributed by atoms with van der Waals surface area (Å²) in [6, 6.07) is 26.2. The largest absolute Gasteiger partial charge is 0.490 e. The van der Waals surface area contributed by atoms with Crippen molar-refractivity contribution in [1.29, 1.82) is 0 Å². The van der Waals surface area contributed by atoms with Crippen LogP contribution in [-0.2, 0) is 0 Å². The number of unbranched alkanes of at least 4 members (excludes halogenated alkanes) is 30. The molecule has 0 amide bonds.